The zero-order valence-corrected chi connectivity index (χ0v) is 16.6. The summed E-state index contributed by atoms with van der Waals surface area (Å²) in [5, 5.41) is 6.91. The van der Waals surface area contributed by atoms with Gasteiger partial charge in [-0.1, -0.05) is 11.6 Å². The molecule has 0 aliphatic rings. The van der Waals surface area contributed by atoms with Crippen LogP contribution >= 0.6 is 11.6 Å². The summed E-state index contributed by atoms with van der Waals surface area (Å²) in [5.41, 5.74) is 1.76. The lowest BCUT2D eigenvalue weighted by Gasteiger charge is -2.08. The number of hydrogen-bond donors (Lipinski definition) is 1. The number of methoxy groups -OCH3 is 1. The molecule has 4 rings (SSSR count). The lowest BCUT2D eigenvalue weighted by molar-refractivity contribution is -0.116. The van der Waals surface area contributed by atoms with Crippen LogP contribution in [0.25, 0.3) is 16.8 Å². The number of amides is 1. The number of aromatic nitrogens is 3. The van der Waals surface area contributed by atoms with Crippen molar-refractivity contribution < 1.29 is 13.9 Å². The van der Waals surface area contributed by atoms with Crippen LogP contribution in [-0.2, 0) is 11.3 Å². The summed E-state index contributed by atoms with van der Waals surface area (Å²) >= 11 is 5.72. The van der Waals surface area contributed by atoms with Crippen LogP contribution in [0.5, 0.6) is 5.75 Å². The fraction of sp³-hybridized carbons (Fsp3) is 0.0952. The summed E-state index contributed by atoms with van der Waals surface area (Å²) in [6.07, 6.45) is 3.09. The van der Waals surface area contributed by atoms with E-state index in [1.807, 2.05) is 24.3 Å². The number of nitrogens with zero attached hydrogens (tertiary/aromatic N) is 3. The topological polar surface area (TPSA) is 77.6 Å². The van der Waals surface area contributed by atoms with Crippen LogP contribution in [0.2, 0.25) is 5.02 Å². The fourth-order valence-electron chi connectivity index (χ4n) is 2.98. The van der Waals surface area contributed by atoms with E-state index >= 15 is 0 Å². The molecule has 0 unspecified atom stereocenters. The Labute approximate surface area is 175 Å². The number of fused-ring (bicyclic) bond motifs is 1. The highest BCUT2D eigenvalue weighted by molar-refractivity contribution is 6.31. The number of anilines is 1. The number of hydrogen-bond acceptors (Lipinski definition) is 4. The maximum atomic E-state index is 13.2. The van der Waals surface area contributed by atoms with E-state index < -0.39 is 11.7 Å². The normalized spacial score (nSPS) is 10.9. The Bertz CT molecular complexity index is 1300. The average molecular weight is 427 g/mol. The first-order chi connectivity index (χ1) is 14.4. The van der Waals surface area contributed by atoms with Gasteiger partial charge in [0.1, 0.15) is 23.6 Å². The molecule has 0 spiro atoms. The van der Waals surface area contributed by atoms with Crippen LogP contribution in [0, 0.1) is 5.82 Å². The molecule has 7 nitrogen and oxygen atoms in total. The average Bonchev–Trinajstić information content (AvgIpc) is 3.18. The van der Waals surface area contributed by atoms with E-state index in [-0.39, 0.29) is 17.1 Å². The van der Waals surface area contributed by atoms with E-state index in [2.05, 4.69) is 10.4 Å². The molecule has 2 aromatic carbocycles. The largest absolute Gasteiger partial charge is 0.497 e. The molecule has 1 N–H and O–H groups in total. The van der Waals surface area contributed by atoms with Gasteiger partial charge in [-0.25, -0.2) is 8.91 Å². The maximum absolute atomic E-state index is 13.2. The van der Waals surface area contributed by atoms with Gasteiger partial charge in [-0.2, -0.15) is 5.10 Å². The molecule has 4 aromatic rings. The third-order valence-corrected chi connectivity index (χ3v) is 4.80. The SMILES string of the molecule is COc1ccc(-c2cc3c(=O)n(CC(=O)Nc4ccc(F)c(Cl)c4)ccn3n2)cc1. The van der Waals surface area contributed by atoms with Gasteiger partial charge < -0.3 is 14.6 Å². The molecule has 0 saturated heterocycles. The first-order valence-corrected chi connectivity index (χ1v) is 9.30. The summed E-state index contributed by atoms with van der Waals surface area (Å²) in [6, 6.07) is 12.8. The predicted octanol–water partition coefficient (Wildman–Crippen LogP) is 3.60. The standard InChI is InChI=1S/C21H16ClFN4O3/c1-30-15-5-2-13(3-6-15)18-11-19-21(29)26(8-9-27(19)25-18)12-20(28)24-14-4-7-17(23)16(22)10-14/h2-11H,12H2,1H3,(H,24,28). The molecule has 1 amide bonds. The minimum atomic E-state index is -0.579. The third kappa shape index (κ3) is 3.90. The fourth-order valence-corrected chi connectivity index (χ4v) is 3.16. The highest BCUT2D eigenvalue weighted by atomic mass is 35.5. The molecule has 0 aliphatic carbocycles. The van der Waals surface area contributed by atoms with Crippen LogP contribution in [0.4, 0.5) is 10.1 Å². The minimum Gasteiger partial charge on any atom is -0.497 e. The number of carbonyl (C=O) groups is 1. The van der Waals surface area contributed by atoms with Crippen molar-refractivity contribution in [3.8, 4) is 17.0 Å². The number of rotatable bonds is 5. The van der Waals surface area contributed by atoms with E-state index in [4.69, 9.17) is 16.3 Å². The van der Waals surface area contributed by atoms with Crippen LogP contribution in [0.15, 0.2) is 65.7 Å². The Hall–Kier alpha value is -3.65. The quantitative estimate of drug-likeness (QED) is 0.529. The number of benzene rings is 2. The Kier molecular flexibility index (Phi) is 5.24. The molecule has 0 atom stereocenters. The van der Waals surface area contributed by atoms with Crippen LogP contribution in [0.3, 0.4) is 0 Å². The second-order valence-corrected chi connectivity index (χ2v) is 6.90. The Morgan fingerprint density at radius 1 is 1.17 bits per heavy atom. The van der Waals surface area contributed by atoms with Crippen molar-refractivity contribution >= 4 is 28.7 Å². The Morgan fingerprint density at radius 3 is 2.63 bits per heavy atom. The van der Waals surface area contributed by atoms with Gasteiger partial charge in [0, 0.05) is 23.6 Å². The number of halogens is 2. The van der Waals surface area contributed by atoms with Gasteiger partial charge in [-0.15, -0.1) is 0 Å². The lowest BCUT2D eigenvalue weighted by atomic mass is 10.1. The van der Waals surface area contributed by atoms with Gasteiger partial charge in [0.15, 0.2) is 0 Å². The van der Waals surface area contributed by atoms with Crippen molar-refractivity contribution in [1.29, 1.82) is 0 Å². The molecule has 0 aliphatic heterocycles. The molecule has 9 heteroatoms. The van der Waals surface area contributed by atoms with Gasteiger partial charge in [0.05, 0.1) is 17.8 Å². The van der Waals surface area contributed by atoms with Crippen molar-refractivity contribution in [3.05, 3.63) is 82.1 Å². The highest BCUT2D eigenvalue weighted by Crippen LogP contribution is 2.22. The summed E-state index contributed by atoms with van der Waals surface area (Å²) < 4.78 is 21.1. The molecule has 2 heterocycles. The van der Waals surface area contributed by atoms with Gasteiger partial charge >= 0.3 is 0 Å². The van der Waals surface area contributed by atoms with Gasteiger partial charge in [-0.3, -0.25) is 9.59 Å². The minimum absolute atomic E-state index is 0.100. The zero-order valence-electron chi connectivity index (χ0n) is 15.8. The Morgan fingerprint density at radius 2 is 1.93 bits per heavy atom. The molecule has 0 bridgehead atoms. The van der Waals surface area contributed by atoms with Crippen molar-refractivity contribution in [2.24, 2.45) is 0 Å². The lowest BCUT2D eigenvalue weighted by Crippen LogP contribution is -2.28. The van der Waals surface area contributed by atoms with Gasteiger partial charge in [0.25, 0.3) is 5.56 Å². The van der Waals surface area contributed by atoms with Gasteiger partial charge in [-0.05, 0) is 48.5 Å². The predicted molar refractivity (Wildman–Crippen MR) is 111 cm³/mol. The van der Waals surface area contributed by atoms with Crippen molar-refractivity contribution in [1.82, 2.24) is 14.2 Å². The Balaban J connectivity index is 1.57. The first kappa shape index (κ1) is 19.7. The van der Waals surface area contributed by atoms with Crippen LogP contribution in [0.1, 0.15) is 0 Å². The summed E-state index contributed by atoms with van der Waals surface area (Å²) in [7, 11) is 1.59. The van der Waals surface area contributed by atoms with E-state index in [0.29, 0.717) is 16.9 Å². The second-order valence-electron chi connectivity index (χ2n) is 6.50. The van der Waals surface area contributed by atoms with Crippen molar-refractivity contribution in [2.45, 2.75) is 6.54 Å². The first-order valence-electron chi connectivity index (χ1n) is 8.93. The van der Waals surface area contributed by atoms with E-state index in [1.54, 1.807) is 19.4 Å². The third-order valence-electron chi connectivity index (χ3n) is 4.51. The van der Waals surface area contributed by atoms with E-state index in [0.717, 1.165) is 17.4 Å². The zero-order chi connectivity index (χ0) is 21.3. The van der Waals surface area contributed by atoms with Crippen LogP contribution in [-0.4, -0.2) is 27.2 Å². The molecular weight excluding hydrogens is 411 g/mol. The molecule has 2 aromatic heterocycles. The number of ether oxygens (including phenoxy) is 1. The van der Waals surface area contributed by atoms with Crippen LogP contribution < -0.4 is 15.6 Å². The van der Waals surface area contributed by atoms with Gasteiger partial charge in [0.2, 0.25) is 5.91 Å². The summed E-state index contributed by atoms with van der Waals surface area (Å²) in [5.74, 6) is -0.304. The van der Waals surface area contributed by atoms with E-state index in [1.165, 1.54) is 27.4 Å². The monoisotopic (exact) mass is 426 g/mol. The molecular formula is C21H16ClFN4O3. The second kappa shape index (κ2) is 8.00. The maximum Gasteiger partial charge on any atom is 0.277 e. The van der Waals surface area contributed by atoms with Crippen molar-refractivity contribution in [3.63, 3.8) is 0 Å². The highest BCUT2D eigenvalue weighted by Gasteiger charge is 2.12. The number of carbonyl (C=O) groups excluding carboxylic acids is 1. The molecule has 0 radical (unpaired) electrons. The summed E-state index contributed by atoms with van der Waals surface area (Å²) in [4.78, 5) is 25.1. The summed E-state index contributed by atoms with van der Waals surface area (Å²) in [6.45, 7) is -0.215. The molecule has 0 fully saturated rings. The molecule has 152 valence electrons. The van der Waals surface area contributed by atoms with Crippen molar-refractivity contribution in [2.75, 3.05) is 12.4 Å². The number of nitrogens with one attached hydrogen (secondary N) is 1. The molecule has 0 saturated carbocycles. The molecule has 30 heavy (non-hydrogen) atoms. The smallest absolute Gasteiger partial charge is 0.277 e. The van der Waals surface area contributed by atoms with E-state index in [9.17, 15) is 14.0 Å².